The maximum Gasteiger partial charge on any atom is 0.422 e. The highest BCUT2D eigenvalue weighted by atomic mass is 32.1. The molecule has 0 saturated carbocycles. The first-order valence-corrected chi connectivity index (χ1v) is 10.9. The van der Waals surface area contributed by atoms with Crippen LogP contribution in [0.15, 0.2) is 27.1 Å². The number of carbonyl (C=O) groups excluding carboxylic acids is 1. The van der Waals surface area contributed by atoms with E-state index in [9.17, 15) is 36.3 Å². The van der Waals surface area contributed by atoms with Crippen molar-refractivity contribution in [2.75, 3.05) is 5.32 Å². The van der Waals surface area contributed by atoms with Crippen molar-refractivity contribution >= 4 is 44.9 Å². The van der Waals surface area contributed by atoms with Crippen LogP contribution in [0.5, 0.6) is 0 Å². The van der Waals surface area contributed by atoms with Crippen molar-refractivity contribution in [2.45, 2.75) is 12.6 Å². The van der Waals surface area contributed by atoms with Gasteiger partial charge in [0.05, 0.1) is 17.5 Å². The normalized spacial score (nSPS) is 11.9. The van der Waals surface area contributed by atoms with Crippen molar-refractivity contribution in [3.05, 3.63) is 60.4 Å². The standard InChI is InChI=1S/C19H12F5N5O3S2/c1-28-15-12(16(31)29(2)18(28)32)10(34-27-15)5-11(30)26-17-25-9(6-33-17)7-3-4-8(20)13(14(7)21)19(22,23)24/h3-4,6H,5H2,1-2H3,(H,25,26,30). The molecule has 0 unspecified atom stereocenters. The predicted molar refractivity (Wildman–Crippen MR) is 115 cm³/mol. The van der Waals surface area contributed by atoms with Gasteiger partial charge in [0.1, 0.15) is 17.2 Å². The Morgan fingerprint density at radius 3 is 2.53 bits per heavy atom. The molecule has 8 nitrogen and oxygen atoms in total. The van der Waals surface area contributed by atoms with Crippen molar-refractivity contribution in [3.8, 4) is 11.3 Å². The van der Waals surface area contributed by atoms with Crippen LogP contribution in [0.3, 0.4) is 0 Å². The monoisotopic (exact) mass is 517 g/mol. The number of halogens is 5. The average molecular weight is 517 g/mol. The minimum atomic E-state index is -5.24. The van der Waals surface area contributed by atoms with E-state index in [2.05, 4.69) is 14.7 Å². The Balaban J connectivity index is 1.59. The number of fused-ring (bicyclic) bond motifs is 1. The van der Waals surface area contributed by atoms with E-state index in [1.54, 1.807) is 0 Å². The lowest BCUT2D eigenvalue weighted by molar-refractivity contribution is -0.142. The van der Waals surface area contributed by atoms with Gasteiger partial charge in [-0.1, -0.05) is 0 Å². The van der Waals surface area contributed by atoms with Crippen molar-refractivity contribution in [3.63, 3.8) is 0 Å². The molecular weight excluding hydrogens is 505 g/mol. The van der Waals surface area contributed by atoms with E-state index in [1.165, 1.54) is 24.0 Å². The number of amides is 1. The van der Waals surface area contributed by atoms with Crippen LogP contribution in [0, 0.1) is 11.6 Å². The zero-order chi connectivity index (χ0) is 24.9. The third-order valence-electron chi connectivity index (χ3n) is 4.88. The summed E-state index contributed by atoms with van der Waals surface area (Å²) in [5.74, 6) is -4.19. The maximum atomic E-state index is 14.4. The molecule has 178 valence electrons. The summed E-state index contributed by atoms with van der Waals surface area (Å²) in [6, 6.07) is 1.31. The number of benzene rings is 1. The topological polar surface area (TPSA) is 98.9 Å². The average Bonchev–Trinajstić information content (AvgIpc) is 3.37. The molecule has 4 aromatic rings. The van der Waals surface area contributed by atoms with Gasteiger partial charge in [-0.3, -0.25) is 18.7 Å². The predicted octanol–water partition coefficient (Wildman–Crippen LogP) is 3.30. The molecule has 0 atom stereocenters. The summed E-state index contributed by atoms with van der Waals surface area (Å²) >= 11 is 1.68. The molecule has 0 radical (unpaired) electrons. The zero-order valence-electron chi connectivity index (χ0n) is 17.2. The lowest BCUT2D eigenvalue weighted by Gasteiger charge is -2.11. The first-order chi connectivity index (χ1) is 15.9. The Morgan fingerprint density at radius 2 is 1.85 bits per heavy atom. The van der Waals surface area contributed by atoms with Gasteiger partial charge in [0, 0.05) is 29.9 Å². The Bertz CT molecular complexity index is 1570. The second-order valence-corrected chi connectivity index (χ2v) is 8.77. The smallest absolute Gasteiger partial charge is 0.302 e. The molecule has 0 aliphatic heterocycles. The number of aromatic nitrogens is 4. The van der Waals surface area contributed by atoms with Crippen LogP contribution >= 0.6 is 22.9 Å². The van der Waals surface area contributed by atoms with E-state index in [4.69, 9.17) is 0 Å². The molecule has 34 heavy (non-hydrogen) atoms. The molecule has 3 aromatic heterocycles. The third-order valence-corrected chi connectivity index (χ3v) is 6.47. The largest absolute Gasteiger partial charge is 0.422 e. The van der Waals surface area contributed by atoms with E-state index in [0.717, 1.165) is 33.5 Å². The summed E-state index contributed by atoms with van der Waals surface area (Å²) in [5, 5.41) is 3.69. The summed E-state index contributed by atoms with van der Waals surface area (Å²) in [6.07, 6.45) is -5.54. The second-order valence-electron chi connectivity index (χ2n) is 7.05. The first kappa shape index (κ1) is 23.7. The van der Waals surface area contributed by atoms with Gasteiger partial charge in [0.25, 0.3) is 5.56 Å². The summed E-state index contributed by atoms with van der Waals surface area (Å²) in [4.78, 5) is 41.2. The minimum Gasteiger partial charge on any atom is -0.302 e. The van der Waals surface area contributed by atoms with Gasteiger partial charge in [-0.2, -0.15) is 17.5 Å². The summed E-state index contributed by atoms with van der Waals surface area (Å²) in [5.41, 5.74) is -3.89. The highest BCUT2D eigenvalue weighted by Gasteiger charge is 2.39. The van der Waals surface area contributed by atoms with Crippen LogP contribution in [-0.4, -0.2) is 24.4 Å². The van der Waals surface area contributed by atoms with Crippen LogP contribution in [0.4, 0.5) is 27.1 Å². The van der Waals surface area contributed by atoms with Gasteiger partial charge in [0.15, 0.2) is 10.8 Å². The Morgan fingerprint density at radius 1 is 1.15 bits per heavy atom. The first-order valence-electron chi connectivity index (χ1n) is 9.25. The summed E-state index contributed by atoms with van der Waals surface area (Å²) in [6.45, 7) is 0. The molecule has 0 spiro atoms. The fourth-order valence-corrected chi connectivity index (χ4v) is 4.83. The van der Waals surface area contributed by atoms with Gasteiger partial charge >= 0.3 is 11.9 Å². The second kappa shape index (κ2) is 8.39. The molecular formula is C19H12F5N5O3S2. The lowest BCUT2D eigenvalue weighted by Crippen LogP contribution is -2.37. The maximum absolute atomic E-state index is 14.4. The number of thiazole rings is 1. The molecule has 1 aromatic carbocycles. The molecule has 0 aliphatic carbocycles. The van der Waals surface area contributed by atoms with Gasteiger partial charge in [-0.15, -0.1) is 11.3 Å². The van der Waals surface area contributed by atoms with Crippen LogP contribution < -0.4 is 16.6 Å². The number of nitrogens with one attached hydrogen (secondary N) is 1. The number of anilines is 1. The molecule has 15 heteroatoms. The van der Waals surface area contributed by atoms with E-state index >= 15 is 0 Å². The van der Waals surface area contributed by atoms with Gasteiger partial charge in [-0.25, -0.2) is 18.6 Å². The highest BCUT2D eigenvalue weighted by Crippen LogP contribution is 2.38. The van der Waals surface area contributed by atoms with Crippen LogP contribution in [-0.2, 0) is 31.5 Å². The molecule has 4 rings (SSSR count). The van der Waals surface area contributed by atoms with E-state index in [-0.39, 0.29) is 28.3 Å². The number of nitrogens with zero attached hydrogens (tertiary/aromatic N) is 4. The number of hydrogen-bond acceptors (Lipinski definition) is 7. The number of carbonyl (C=O) groups is 1. The number of aryl methyl sites for hydroxylation is 1. The van der Waals surface area contributed by atoms with E-state index in [0.29, 0.717) is 10.9 Å². The van der Waals surface area contributed by atoms with Crippen molar-refractivity contribution in [1.82, 2.24) is 18.5 Å². The molecule has 0 saturated heterocycles. The fourth-order valence-electron chi connectivity index (χ4n) is 3.22. The summed E-state index contributed by atoms with van der Waals surface area (Å²) < 4.78 is 72.9. The van der Waals surface area contributed by atoms with Crippen molar-refractivity contribution in [1.29, 1.82) is 0 Å². The molecule has 0 fully saturated rings. The molecule has 1 N–H and O–H groups in total. The SMILES string of the molecule is Cn1c(=O)c2c(CC(=O)Nc3nc(-c4ccc(F)c(C(F)(F)F)c4F)cs3)snc2n(C)c1=O. The number of rotatable bonds is 4. The number of alkyl halides is 3. The molecule has 1 amide bonds. The highest BCUT2D eigenvalue weighted by molar-refractivity contribution is 7.14. The van der Waals surface area contributed by atoms with Crippen LogP contribution in [0.25, 0.3) is 22.3 Å². The number of hydrogen-bond donors (Lipinski definition) is 1. The summed E-state index contributed by atoms with van der Waals surface area (Å²) in [7, 11) is 2.73. The van der Waals surface area contributed by atoms with Crippen LogP contribution in [0.2, 0.25) is 0 Å². The van der Waals surface area contributed by atoms with Gasteiger partial charge < -0.3 is 5.32 Å². The van der Waals surface area contributed by atoms with Gasteiger partial charge in [-0.05, 0) is 23.7 Å². The Labute approximate surface area is 194 Å². The zero-order valence-corrected chi connectivity index (χ0v) is 18.8. The Hall–Kier alpha value is -3.46. The van der Waals surface area contributed by atoms with E-state index in [1.807, 2.05) is 0 Å². The fraction of sp³-hybridized carbons (Fsp3) is 0.211. The minimum absolute atomic E-state index is 0.0496. The third kappa shape index (κ3) is 4.00. The lowest BCUT2D eigenvalue weighted by atomic mass is 10.1. The van der Waals surface area contributed by atoms with Crippen molar-refractivity contribution in [2.24, 2.45) is 14.1 Å². The molecule has 0 bridgehead atoms. The van der Waals surface area contributed by atoms with Gasteiger partial charge in [0.2, 0.25) is 5.91 Å². The van der Waals surface area contributed by atoms with Crippen molar-refractivity contribution < 1.29 is 26.7 Å². The van der Waals surface area contributed by atoms with Crippen LogP contribution in [0.1, 0.15) is 10.4 Å². The van der Waals surface area contributed by atoms with E-state index < -0.39 is 46.1 Å². The Kier molecular flexibility index (Phi) is 5.85. The molecule has 3 heterocycles. The quantitative estimate of drug-likeness (QED) is 0.419. The molecule has 0 aliphatic rings.